The molecule has 0 saturated carbocycles. The molecule has 1 aromatic heterocycles. The predicted octanol–water partition coefficient (Wildman–Crippen LogP) is 1.88. The molecule has 3 nitrogen and oxygen atoms in total. The van der Waals surface area contributed by atoms with E-state index in [1.807, 2.05) is 14.0 Å². The molecule has 1 heterocycles. The van der Waals surface area contributed by atoms with Gasteiger partial charge in [-0.25, -0.2) is 4.98 Å². The molecule has 4 heteroatoms. The summed E-state index contributed by atoms with van der Waals surface area (Å²) in [6, 6.07) is 0.378. The number of nitrogens with one attached hydrogen (secondary N) is 1. The number of rotatable bonds is 4. The summed E-state index contributed by atoms with van der Waals surface area (Å²) in [4.78, 5) is 5.72. The quantitative estimate of drug-likeness (QED) is 0.805. The fourth-order valence-corrected chi connectivity index (χ4v) is 2.28. The zero-order valence-electron chi connectivity index (χ0n) is 8.55. The van der Waals surface area contributed by atoms with Crippen LogP contribution in [0.2, 0.25) is 0 Å². The second-order valence-electron chi connectivity index (χ2n) is 3.00. The second kappa shape index (κ2) is 4.69. The number of methoxy groups -OCH3 is 1. The van der Waals surface area contributed by atoms with E-state index in [1.165, 1.54) is 4.88 Å². The van der Waals surface area contributed by atoms with E-state index in [9.17, 15) is 0 Å². The summed E-state index contributed by atoms with van der Waals surface area (Å²) in [5.74, 6) is 0. The average Bonchev–Trinajstić information content (AvgIpc) is 2.46. The minimum atomic E-state index is 0.378. The molecular formula is C9H16N2OS. The zero-order valence-corrected chi connectivity index (χ0v) is 9.36. The van der Waals surface area contributed by atoms with E-state index < -0.39 is 0 Å². The third kappa shape index (κ3) is 2.49. The maximum Gasteiger partial charge on any atom is 0.119 e. The van der Waals surface area contributed by atoms with Gasteiger partial charge in [-0.2, -0.15) is 0 Å². The fraction of sp³-hybridized carbons (Fsp3) is 0.667. The maximum absolute atomic E-state index is 5.04. The first kappa shape index (κ1) is 10.6. The minimum absolute atomic E-state index is 0.378. The van der Waals surface area contributed by atoms with Crippen molar-refractivity contribution in [2.24, 2.45) is 0 Å². The van der Waals surface area contributed by atoms with Gasteiger partial charge in [0.05, 0.1) is 12.3 Å². The van der Waals surface area contributed by atoms with Crippen LogP contribution in [0.15, 0.2) is 0 Å². The Labute approximate surface area is 83.1 Å². The molecule has 0 bridgehead atoms. The Bertz CT molecular complexity index is 273. The van der Waals surface area contributed by atoms with E-state index >= 15 is 0 Å². The lowest BCUT2D eigenvalue weighted by molar-refractivity contribution is 0.184. The van der Waals surface area contributed by atoms with Crippen LogP contribution in [0.1, 0.15) is 28.5 Å². The Balaban J connectivity index is 2.82. The third-order valence-corrected chi connectivity index (χ3v) is 3.28. The largest absolute Gasteiger partial charge is 0.378 e. The van der Waals surface area contributed by atoms with Crippen molar-refractivity contribution in [1.29, 1.82) is 0 Å². The molecule has 0 aromatic carbocycles. The van der Waals surface area contributed by atoms with Gasteiger partial charge in [-0.15, -0.1) is 11.3 Å². The summed E-state index contributed by atoms with van der Waals surface area (Å²) in [5.41, 5.74) is 1.11. The highest BCUT2D eigenvalue weighted by Crippen LogP contribution is 2.24. The Morgan fingerprint density at radius 1 is 1.62 bits per heavy atom. The van der Waals surface area contributed by atoms with E-state index in [4.69, 9.17) is 4.74 Å². The molecule has 0 fully saturated rings. The van der Waals surface area contributed by atoms with E-state index in [0.29, 0.717) is 12.6 Å². The lowest BCUT2D eigenvalue weighted by Crippen LogP contribution is -2.11. The highest BCUT2D eigenvalue weighted by Gasteiger charge is 2.11. The standard InChI is InChI=1S/C9H16N2OS/c1-6(10-3)9-7(2)11-8(13-9)5-12-4/h6,10H,5H2,1-4H3. The first-order chi connectivity index (χ1) is 6.19. The smallest absolute Gasteiger partial charge is 0.119 e. The van der Waals surface area contributed by atoms with Crippen LogP contribution in [0.25, 0.3) is 0 Å². The maximum atomic E-state index is 5.04. The van der Waals surface area contributed by atoms with Gasteiger partial charge >= 0.3 is 0 Å². The number of hydrogen-bond acceptors (Lipinski definition) is 4. The topological polar surface area (TPSA) is 34.1 Å². The highest BCUT2D eigenvalue weighted by atomic mass is 32.1. The molecule has 1 unspecified atom stereocenters. The molecule has 13 heavy (non-hydrogen) atoms. The van der Waals surface area contributed by atoms with Crippen LogP contribution in [-0.2, 0) is 11.3 Å². The fourth-order valence-electron chi connectivity index (χ4n) is 1.18. The van der Waals surface area contributed by atoms with Gasteiger partial charge in [0.25, 0.3) is 0 Å². The number of thiazole rings is 1. The number of hydrogen-bond donors (Lipinski definition) is 1. The van der Waals surface area contributed by atoms with Gasteiger partial charge in [0.2, 0.25) is 0 Å². The zero-order chi connectivity index (χ0) is 9.84. The molecule has 0 aliphatic carbocycles. The molecule has 0 spiro atoms. The average molecular weight is 200 g/mol. The second-order valence-corrected chi connectivity index (χ2v) is 4.12. The summed E-state index contributed by atoms with van der Waals surface area (Å²) < 4.78 is 5.04. The van der Waals surface area contributed by atoms with Gasteiger partial charge in [0.1, 0.15) is 5.01 Å². The molecule has 1 rings (SSSR count). The Hall–Kier alpha value is -0.450. The third-order valence-electron chi connectivity index (χ3n) is 1.97. The molecule has 1 N–H and O–H groups in total. The lowest BCUT2D eigenvalue weighted by Gasteiger charge is -2.06. The Morgan fingerprint density at radius 3 is 2.85 bits per heavy atom. The summed E-state index contributed by atoms with van der Waals surface area (Å²) >= 11 is 1.72. The van der Waals surface area contributed by atoms with Crippen molar-refractivity contribution < 1.29 is 4.74 Å². The van der Waals surface area contributed by atoms with Crippen LogP contribution < -0.4 is 5.32 Å². The molecule has 1 atom stereocenters. The summed E-state index contributed by atoms with van der Waals surface area (Å²) in [7, 11) is 3.65. The molecule has 1 aromatic rings. The van der Waals surface area contributed by atoms with Crippen LogP contribution in [0.4, 0.5) is 0 Å². The number of aromatic nitrogens is 1. The summed E-state index contributed by atoms with van der Waals surface area (Å²) in [6.45, 7) is 4.79. The summed E-state index contributed by atoms with van der Waals surface area (Å²) in [5, 5.41) is 4.26. The molecular weight excluding hydrogens is 184 g/mol. The van der Waals surface area contributed by atoms with Crippen molar-refractivity contribution in [1.82, 2.24) is 10.3 Å². The first-order valence-corrected chi connectivity index (χ1v) is 5.13. The molecule has 0 radical (unpaired) electrons. The van der Waals surface area contributed by atoms with Crippen molar-refractivity contribution in [3.63, 3.8) is 0 Å². The predicted molar refractivity (Wildman–Crippen MR) is 55.0 cm³/mol. The van der Waals surface area contributed by atoms with Crippen molar-refractivity contribution in [2.45, 2.75) is 26.5 Å². The molecule has 74 valence electrons. The molecule has 0 aliphatic heterocycles. The van der Waals surface area contributed by atoms with Gasteiger partial charge in [-0.1, -0.05) is 0 Å². The SMILES string of the molecule is CNC(C)c1sc(COC)nc1C. The number of ether oxygens (including phenoxy) is 1. The normalized spacial score (nSPS) is 13.2. The van der Waals surface area contributed by atoms with Crippen molar-refractivity contribution in [3.8, 4) is 0 Å². The van der Waals surface area contributed by atoms with E-state index in [-0.39, 0.29) is 0 Å². The number of nitrogens with zero attached hydrogens (tertiary/aromatic N) is 1. The highest BCUT2D eigenvalue weighted by molar-refractivity contribution is 7.11. The van der Waals surface area contributed by atoms with Gasteiger partial charge < -0.3 is 10.1 Å². The van der Waals surface area contributed by atoms with Gasteiger partial charge in [0, 0.05) is 18.0 Å². The van der Waals surface area contributed by atoms with Crippen LogP contribution in [0.3, 0.4) is 0 Å². The Kier molecular flexibility index (Phi) is 3.84. The Morgan fingerprint density at radius 2 is 2.31 bits per heavy atom. The van der Waals surface area contributed by atoms with Crippen LogP contribution >= 0.6 is 11.3 Å². The van der Waals surface area contributed by atoms with Crippen LogP contribution in [0, 0.1) is 6.92 Å². The monoisotopic (exact) mass is 200 g/mol. The minimum Gasteiger partial charge on any atom is -0.378 e. The van der Waals surface area contributed by atoms with Crippen molar-refractivity contribution in [2.75, 3.05) is 14.2 Å². The summed E-state index contributed by atoms with van der Waals surface area (Å²) in [6.07, 6.45) is 0. The van der Waals surface area contributed by atoms with Crippen LogP contribution in [0.5, 0.6) is 0 Å². The van der Waals surface area contributed by atoms with Gasteiger partial charge in [-0.3, -0.25) is 0 Å². The van der Waals surface area contributed by atoms with Gasteiger partial charge in [0.15, 0.2) is 0 Å². The van der Waals surface area contributed by atoms with Crippen LogP contribution in [-0.4, -0.2) is 19.1 Å². The van der Waals surface area contributed by atoms with Gasteiger partial charge in [-0.05, 0) is 20.9 Å². The number of aryl methyl sites for hydroxylation is 1. The molecule has 0 saturated heterocycles. The van der Waals surface area contributed by atoms with E-state index in [2.05, 4.69) is 17.2 Å². The lowest BCUT2D eigenvalue weighted by atomic mass is 10.2. The molecule has 0 amide bonds. The first-order valence-electron chi connectivity index (χ1n) is 4.31. The van der Waals surface area contributed by atoms with E-state index in [1.54, 1.807) is 18.4 Å². The van der Waals surface area contributed by atoms with E-state index in [0.717, 1.165) is 10.7 Å². The van der Waals surface area contributed by atoms with Crippen molar-refractivity contribution >= 4 is 11.3 Å². The molecule has 0 aliphatic rings. The van der Waals surface area contributed by atoms with Crippen molar-refractivity contribution in [3.05, 3.63) is 15.6 Å².